The average Bonchev–Trinajstić information content (AvgIpc) is 2.87. The van der Waals surface area contributed by atoms with Gasteiger partial charge in [-0.1, -0.05) is 36.0 Å². The third kappa shape index (κ3) is 4.51. The van der Waals surface area contributed by atoms with Crippen LogP contribution in [0.25, 0.3) is 0 Å². The molecule has 114 valence electrons. The Balaban J connectivity index is 2.11. The Morgan fingerprint density at radius 1 is 1.19 bits per heavy atom. The Bertz CT molecular complexity index is 525. The Kier molecular flexibility index (Phi) is 5.31. The maximum Gasteiger partial charge on any atom is 0.323 e. The van der Waals surface area contributed by atoms with Crippen LogP contribution in [0.15, 0.2) is 18.2 Å². The molecule has 1 aliphatic carbocycles. The maximum atomic E-state index is 12.3. The van der Waals surface area contributed by atoms with Crippen LogP contribution in [-0.2, 0) is 4.79 Å². The quantitative estimate of drug-likeness (QED) is 0.880. The minimum atomic E-state index is -1.03. The Hall–Kier alpha value is -1.46. The molecule has 1 fully saturated rings. The summed E-state index contributed by atoms with van der Waals surface area (Å²) < 4.78 is 0. The van der Waals surface area contributed by atoms with Gasteiger partial charge in [0.25, 0.3) is 0 Å². The highest BCUT2D eigenvalue weighted by Gasteiger charge is 2.28. The van der Waals surface area contributed by atoms with Crippen molar-refractivity contribution >= 4 is 40.9 Å². The highest BCUT2D eigenvalue weighted by atomic mass is 35.5. The summed E-state index contributed by atoms with van der Waals surface area (Å²) in [6, 6.07) is 4.22. The van der Waals surface area contributed by atoms with Crippen LogP contribution in [0.5, 0.6) is 0 Å². The molecule has 1 aromatic carbocycles. The van der Waals surface area contributed by atoms with Gasteiger partial charge in [-0.15, -0.1) is 0 Å². The fourth-order valence-electron chi connectivity index (χ4n) is 2.55. The number of hydrogen-bond donors (Lipinski definition) is 2. The lowest BCUT2D eigenvalue weighted by Crippen LogP contribution is -2.44. The van der Waals surface area contributed by atoms with Gasteiger partial charge in [0, 0.05) is 21.8 Å². The van der Waals surface area contributed by atoms with Crippen molar-refractivity contribution in [3.05, 3.63) is 28.2 Å². The van der Waals surface area contributed by atoms with E-state index in [1.54, 1.807) is 18.2 Å². The monoisotopic (exact) mass is 330 g/mol. The Labute approximate surface area is 132 Å². The van der Waals surface area contributed by atoms with Gasteiger partial charge in [0.05, 0.1) is 0 Å². The van der Waals surface area contributed by atoms with Crippen molar-refractivity contribution in [1.29, 1.82) is 0 Å². The second-order valence-electron chi connectivity index (χ2n) is 5.05. The molecule has 0 aromatic heterocycles. The molecular weight excluding hydrogens is 315 g/mol. The van der Waals surface area contributed by atoms with Gasteiger partial charge >= 0.3 is 12.0 Å². The zero-order valence-corrected chi connectivity index (χ0v) is 12.8. The van der Waals surface area contributed by atoms with Crippen LogP contribution >= 0.6 is 23.2 Å². The van der Waals surface area contributed by atoms with Crippen LogP contribution in [0.4, 0.5) is 10.5 Å². The lowest BCUT2D eigenvalue weighted by Gasteiger charge is -2.27. The van der Waals surface area contributed by atoms with Gasteiger partial charge in [-0.3, -0.25) is 4.79 Å². The van der Waals surface area contributed by atoms with E-state index in [0.717, 1.165) is 25.7 Å². The molecule has 0 aliphatic heterocycles. The largest absolute Gasteiger partial charge is 0.480 e. The summed E-state index contributed by atoms with van der Waals surface area (Å²) >= 11 is 11.8. The third-order valence-corrected chi connectivity index (χ3v) is 3.88. The van der Waals surface area contributed by atoms with E-state index in [-0.39, 0.29) is 12.6 Å². The molecule has 0 atom stereocenters. The average molecular weight is 331 g/mol. The minimum absolute atomic E-state index is 0.0317. The second-order valence-corrected chi connectivity index (χ2v) is 5.92. The minimum Gasteiger partial charge on any atom is -0.480 e. The highest BCUT2D eigenvalue weighted by molar-refractivity contribution is 6.35. The summed E-state index contributed by atoms with van der Waals surface area (Å²) in [4.78, 5) is 24.7. The number of nitrogens with zero attached hydrogens (tertiary/aromatic N) is 1. The van der Waals surface area contributed by atoms with E-state index in [1.807, 2.05) is 0 Å². The van der Waals surface area contributed by atoms with E-state index in [1.165, 1.54) is 4.90 Å². The standard InChI is InChI=1S/C14H16Cl2N2O3/c15-9-5-10(16)7-11(6-9)17-14(21)18(8-13(19)20)12-3-1-2-4-12/h5-7,12H,1-4,8H2,(H,17,21)(H,19,20). The predicted octanol–water partition coefficient (Wildman–Crippen LogP) is 3.85. The van der Waals surface area contributed by atoms with Crippen LogP contribution in [0.2, 0.25) is 10.0 Å². The van der Waals surface area contributed by atoms with Crippen LogP contribution < -0.4 is 5.32 Å². The molecule has 2 amide bonds. The van der Waals surface area contributed by atoms with Gasteiger partial charge in [0.15, 0.2) is 0 Å². The molecule has 0 saturated heterocycles. The fraction of sp³-hybridized carbons (Fsp3) is 0.429. The SMILES string of the molecule is O=C(O)CN(C(=O)Nc1cc(Cl)cc(Cl)c1)C1CCCC1. The zero-order chi connectivity index (χ0) is 15.4. The number of benzene rings is 1. The van der Waals surface area contributed by atoms with E-state index < -0.39 is 12.0 Å². The first-order chi connectivity index (χ1) is 9.95. The van der Waals surface area contributed by atoms with Crippen molar-refractivity contribution in [3.8, 4) is 0 Å². The van der Waals surface area contributed by atoms with Gasteiger partial charge in [-0.05, 0) is 31.0 Å². The first kappa shape index (κ1) is 15.9. The van der Waals surface area contributed by atoms with E-state index in [4.69, 9.17) is 28.3 Å². The van der Waals surface area contributed by atoms with Crippen LogP contribution in [0, 0.1) is 0 Å². The predicted molar refractivity (Wildman–Crippen MR) is 82.1 cm³/mol. The third-order valence-electron chi connectivity index (χ3n) is 3.45. The number of carbonyl (C=O) groups is 2. The van der Waals surface area contributed by atoms with Crippen LogP contribution in [0.1, 0.15) is 25.7 Å². The van der Waals surface area contributed by atoms with Gasteiger partial charge in [-0.25, -0.2) is 4.79 Å². The first-order valence-corrected chi connectivity index (χ1v) is 7.47. The number of urea groups is 1. The second kappa shape index (κ2) is 7.00. The van der Waals surface area contributed by atoms with Gasteiger partial charge < -0.3 is 15.3 Å². The summed E-state index contributed by atoms with van der Waals surface area (Å²) in [5, 5.41) is 12.5. The molecule has 7 heteroatoms. The number of halogens is 2. The smallest absolute Gasteiger partial charge is 0.323 e. The summed E-state index contributed by atoms with van der Waals surface area (Å²) in [5.74, 6) is -1.03. The van der Waals surface area contributed by atoms with Gasteiger partial charge in [0.2, 0.25) is 0 Å². The normalized spacial score (nSPS) is 15.0. The van der Waals surface area contributed by atoms with Crippen molar-refractivity contribution in [2.24, 2.45) is 0 Å². The lowest BCUT2D eigenvalue weighted by molar-refractivity contribution is -0.138. The molecule has 21 heavy (non-hydrogen) atoms. The zero-order valence-electron chi connectivity index (χ0n) is 11.3. The number of nitrogens with one attached hydrogen (secondary N) is 1. The summed E-state index contributed by atoms with van der Waals surface area (Å²) in [7, 11) is 0. The summed E-state index contributed by atoms with van der Waals surface area (Å²) in [5.41, 5.74) is 0.450. The van der Waals surface area contributed by atoms with Gasteiger partial charge in [0.1, 0.15) is 6.54 Å². The molecule has 0 radical (unpaired) electrons. The van der Waals surface area contributed by atoms with Crippen LogP contribution in [0.3, 0.4) is 0 Å². The van der Waals surface area contributed by atoms with Crippen molar-refractivity contribution < 1.29 is 14.7 Å². The summed E-state index contributed by atoms with van der Waals surface area (Å²) in [6.07, 6.45) is 3.68. The molecule has 5 nitrogen and oxygen atoms in total. The molecule has 0 heterocycles. The lowest BCUT2D eigenvalue weighted by atomic mass is 10.2. The number of carboxylic acids is 1. The molecule has 2 rings (SSSR count). The number of aliphatic carboxylic acids is 1. The molecule has 1 aliphatic rings. The number of carboxylic acid groups (broad SMARTS) is 1. The van der Waals surface area contributed by atoms with Crippen molar-refractivity contribution in [2.45, 2.75) is 31.7 Å². The number of carbonyl (C=O) groups excluding carboxylic acids is 1. The van der Waals surface area contributed by atoms with E-state index in [0.29, 0.717) is 15.7 Å². The van der Waals surface area contributed by atoms with E-state index in [2.05, 4.69) is 5.32 Å². The number of amides is 2. The number of anilines is 1. The Morgan fingerprint density at radius 3 is 2.29 bits per heavy atom. The molecular formula is C14H16Cl2N2O3. The van der Waals surface area contributed by atoms with E-state index >= 15 is 0 Å². The van der Waals surface area contributed by atoms with Crippen molar-refractivity contribution in [1.82, 2.24) is 4.90 Å². The van der Waals surface area contributed by atoms with Crippen molar-refractivity contribution in [3.63, 3.8) is 0 Å². The van der Waals surface area contributed by atoms with E-state index in [9.17, 15) is 9.59 Å². The fourth-order valence-corrected chi connectivity index (χ4v) is 3.08. The van der Waals surface area contributed by atoms with Crippen LogP contribution in [-0.4, -0.2) is 34.6 Å². The molecule has 0 spiro atoms. The number of rotatable bonds is 4. The van der Waals surface area contributed by atoms with Crippen molar-refractivity contribution in [2.75, 3.05) is 11.9 Å². The molecule has 1 aromatic rings. The molecule has 0 unspecified atom stereocenters. The topological polar surface area (TPSA) is 69.6 Å². The molecule has 2 N–H and O–H groups in total. The maximum absolute atomic E-state index is 12.3. The van der Waals surface area contributed by atoms with Gasteiger partial charge in [-0.2, -0.15) is 0 Å². The number of hydrogen-bond acceptors (Lipinski definition) is 2. The Morgan fingerprint density at radius 2 is 1.76 bits per heavy atom. The molecule has 0 bridgehead atoms. The highest BCUT2D eigenvalue weighted by Crippen LogP contribution is 2.26. The molecule has 1 saturated carbocycles. The first-order valence-electron chi connectivity index (χ1n) is 6.71. The summed E-state index contributed by atoms with van der Waals surface area (Å²) in [6.45, 7) is -0.315.